The molecule has 11 nitrogen and oxygen atoms in total. The minimum absolute atomic E-state index is 0.00528. The van der Waals surface area contributed by atoms with E-state index >= 15 is 0 Å². The van der Waals surface area contributed by atoms with Crippen molar-refractivity contribution in [3.05, 3.63) is 65.7 Å². The predicted molar refractivity (Wildman–Crippen MR) is 144 cm³/mol. The third kappa shape index (κ3) is 9.69. The summed E-state index contributed by atoms with van der Waals surface area (Å²) >= 11 is 0. The Morgan fingerprint density at radius 1 is 0.795 bits per heavy atom. The van der Waals surface area contributed by atoms with Gasteiger partial charge in [-0.25, -0.2) is 4.79 Å². The maximum atomic E-state index is 13.5. The Labute approximate surface area is 227 Å². The molecule has 6 atom stereocenters. The smallest absolute Gasteiger partial charge is 0.326 e. The van der Waals surface area contributed by atoms with Crippen molar-refractivity contribution in [1.29, 1.82) is 0 Å². The van der Waals surface area contributed by atoms with Gasteiger partial charge in [-0.2, -0.15) is 0 Å². The maximum Gasteiger partial charge on any atom is 0.326 e. The van der Waals surface area contributed by atoms with Crippen molar-refractivity contribution in [2.75, 3.05) is 0 Å². The topological polar surface area (TPSA) is 191 Å². The maximum absolute atomic E-state index is 13.5. The van der Waals surface area contributed by atoms with E-state index in [-0.39, 0.29) is 24.5 Å². The lowest BCUT2D eigenvalue weighted by molar-refractivity contribution is -0.143. The highest BCUT2D eigenvalue weighted by Gasteiger charge is 2.32. The molecule has 11 heteroatoms. The first-order valence-electron chi connectivity index (χ1n) is 12.8. The molecule has 2 aromatic rings. The number of carboxylic acid groups (broad SMARTS) is 1. The van der Waals surface area contributed by atoms with E-state index in [1.54, 1.807) is 49.4 Å². The van der Waals surface area contributed by atoms with Crippen molar-refractivity contribution in [2.45, 2.75) is 70.3 Å². The second-order valence-corrected chi connectivity index (χ2v) is 9.66. The minimum atomic E-state index is -1.30. The Bertz CT molecular complexity index is 1110. The number of aliphatic hydroxyl groups excluding tert-OH is 1. The molecule has 2 rings (SSSR count). The molecule has 0 bridgehead atoms. The Morgan fingerprint density at radius 3 is 1.77 bits per heavy atom. The van der Waals surface area contributed by atoms with Gasteiger partial charge in [0.2, 0.25) is 17.7 Å². The third-order valence-corrected chi connectivity index (χ3v) is 6.52. The van der Waals surface area contributed by atoms with Crippen LogP contribution in [0.1, 0.15) is 38.3 Å². The normalized spacial score (nSPS) is 15.6. The van der Waals surface area contributed by atoms with Crippen LogP contribution < -0.4 is 21.7 Å². The minimum Gasteiger partial charge on any atom is -0.508 e. The number of hydrogen-bond donors (Lipinski definition) is 7. The van der Waals surface area contributed by atoms with E-state index in [2.05, 4.69) is 16.0 Å². The van der Waals surface area contributed by atoms with E-state index in [4.69, 9.17) is 5.73 Å². The van der Waals surface area contributed by atoms with E-state index < -0.39 is 54.0 Å². The predicted octanol–water partition coefficient (Wildman–Crippen LogP) is 0.471. The number of carbonyl (C=O) groups is 4. The number of carboxylic acids is 1. The van der Waals surface area contributed by atoms with Gasteiger partial charge >= 0.3 is 5.97 Å². The zero-order valence-corrected chi connectivity index (χ0v) is 22.3. The van der Waals surface area contributed by atoms with Gasteiger partial charge in [-0.05, 0) is 36.1 Å². The summed E-state index contributed by atoms with van der Waals surface area (Å²) in [6.45, 7) is 4.86. The Hall–Kier alpha value is -3.96. The summed E-state index contributed by atoms with van der Waals surface area (Å²) in [5, 5.41) is 36.7. The fraction of sp³-hybridized carbons (Fsp3) is 0.429. The van der Waals surface area contributed by atoms with E-state index in [0.717, 1.165) is 5.56 Å². The van der Waals surface area contributed by atoms with Crippen LogP contribution in [0.3, 0.4) is 0 Å². The largest absolute Gasteiger partial charge is 0.508 e. The van der Waals surface area contributed by atoms with Gasteiger partial charge in [0.25, 0.3) is 0 Å². The Kier molecular flexibility index (Phi) is 11.9. The van der Waals surface area contributed by atoms with Gasteiger partial charge in [-0.1, -0.05) is 62.7 Å². The summed E-state index contributed by atoms with van der Waals surface area (Å²) in [5.74, 6) is -3.68. The number of hydrogen-bond acceptors (Lipinski definition) is 7. The second-order valence-electron chi connectivity index (χ2n) is 9.66. The lowest BCUT2D eigenvalue weighted by atomic mass is 9.97. The molecule has 39 heavy (non-hydrogen) atoms. The Balaban J connectivity index is 2.34. The summed E-state index contributed by atoms with van der Waals surface area (Å²) in [6, 6.07) is 10.1. The van der Waals surface area contributed by atoms with Gasteiger partial charge in [0.05, 0.1) is 6.10 Å². The third-order valence-electron chi connectivity index (χ3n) is 6.52. The number of carbonyl (C=O) groups excluding carboxylic acids is 3. The molecule has 2 aromatic carbocycles. The molecule has 0 aromatic heterocycles. The molecule has 212 valence electrons. The summed E-state index contributed by atoms with van der Waals surface area (Å²) in [5.41, 5.74) is 7.08. The first-order chi connectivity index (χ1) is 18.4. The SMILES string of the molecule is CCC(C)C(NC(=O)C(Cc1ccccc1)NC(=O)C(Cc1ccc(O)cc1)NC(=O)C(N)C(C)O)C(=O)O. The van der Waals surface area contributed by atoms with E-state index in [1.807, 2.05) is 6.92 Å². The quantitative estimate of drug-likeness (QED) is 0.179. The number of aliphatic carboxylic acids is 1. The lowest BCUT2D eigenvalue weighted by Gasteiger charge is -2.27. The number of phenols is 1. The molecular weight excluding hydrogens is 504 g/mol. The van der Waals surface area contributed by atoms with Crippen molar-refractivity contribution in [2.24, 2.45) is 11.7 Å². The molecule has 0 aliphatic heterocycles. The number of benzene rings is 2. The number of phenolic OH excluding ortho intramolecular Hbond substituents is 1. The number of amides is 3. The molecular formula is C28H38N4O7. The molecule has 3 amide bonds. The van der Waals surface area contributed by atoms with E-state index in [9.17, 15) is 34.5 Å². The average molecular weight is 543 g/mol. The fourth-order valence-electron chi connectivity index (χ4n) is 3.83. The van der Waals surface area contributed by atoms with Crippen LogP contribution in [0.15, 0.2) is 54.6 Å². The van der Waals surface area contributed by atoms with E-state index in [0.29, 0.717) is 12.0 Å². The first kappa shape index (κ1) is 31.3. The number of aliphatic hydroxyl groups is 1. The molecule has 0 aliphatic rings. The van der Waals surface area contributed by atoms with Crippen molar-refractivity contribution >= 4 is 23.7 Å². The zero-order chi connectivity index (χ0) is 29.1. The van der Waals surface area contributed by atoms with Crippen LogP contribution in [0, 0.1) is 5.92 Å². The molecule has 0 saturated carbocycles. The van der Waals surface area contributed by atoms with E-state index in [1.165, 1.54) is 19.1 Å². The van der Waals surface area contributed by atoms with Crippen molar-refractivity contribution < 1.29 is 34.5 Å². The number of nitrogens with one attached hydrogen (secondary N) is 3. The van der Waals surface area contributed by atoms with Gasteiger partial charge in [0.1, 0.15) is 29.9 Å². The van der Waals surface area contributed by atoms with Crippen LogP contribution in [0.4, 0.5) is 0 Å². The standard InChI is InChI=1S/C28H38N4O7/c1-4-16(2)24(28(38)39)32-26(36)22(14-18-8-6-5-7-9-18)30-25(35)21(31-27(37)23(29)17(3)33)15-19-10-12-20(34)13-11-19/h5-13,16-17,21-24,33-34H,4,14-15,29H2,1-3H3,(H,30,35)(H,31,37)(H,32,36)(H,38,39). The lowest BCUT2D eigenvalue weighted by Crippen LogP contribution is -2.59. The molecule has 8 N–H and O–H groups in total. The van der Waals surface area contributed by atoms with Crippen LogP contribution >= 0.6 is 0 Å². The van der Waals surface area contributed by atoms with Crippen molar-refractivity contribution in [3.63, 3.8) is 0 Å². The first-order valence-corrected chi connectivity index (χ1v) is 12.8. The van der Waals surface area contributed by atoms with Gasteiger partial charge < -0.3 is 37.0 Å². The van der Waals surface area contributed by atoms with Crippen LogP contribution in [0.25, 0.3) is 0 Å². The summed E-state index contributed by atoms with van der Waals surface area (Å²) in [4.78, 5) is 51.2. The van der Waals surface area contributed by atoms with Crippen LogP contribution in [-0.4, -0.2) is 69.3 Å². The van der Waals surface area contributed by atoms with Gasteiger partial charge in [-0.15, -0.1) is 0 Å². The van der Waals surface area contributed by atoms with Gasteiger partial charge in [0, 0.05) is 12.8 Å². The summed E-state index contributed by atoms with van der Waals surface area (Å²) in [7, 11) is 0. The van der Waals surface area contributed by atoms with Crippen molar-refractivity contribution in [1.82, 2.24) is 16.0 Å². The molecule has 0 heterocycles. The molecule has 0 fully saturated rings. The monoisotopic (exact) mass is 542 g/mol. The Morgan fingerprint density at radius 2 is 1.28 bits per heavy atom. The molecule has 6 unspecified atom stereocenters. The summed E-state index contributed by atoms with van der Waals surface area (Å²) in [6.07, 6.45) is -0.600. The van der Waals surface area contributed by atoms with Crippen LogP contribution in [0.5, 0.6) is 5.75 Å². The highest BCUT2D eigenvalue weighted by atomic mass is 16.4. The number of nitrogens with two attached hydrogens (primary N) is 1. The number of aromatic hydroxyl groups is 1. The highest BCUT2D eigenvalue weighted by molar-refractivity contribution is 5.94. The zero-order valence-electron chi connectivity index (χ0n) is 22.3. The average Bonchev–Trinajstić information content (AvgIpc) is 2.91. The highest BCUT2D eigenvalue weighted by Crippen LogP contribution is 2.13. The molecule has 0 radical (unpaired) electrons. The molecule has 0 spiro atoms. The second kappa shape index (κ2) is 14.8. The van der Waals surface area contributed by atoms with Crippen molar-refractivity contribution in [3.8, 4) is 5.75 Å². The summed E-state index contributed by atoms with van der Waals surface area (Å²) < 4.78 is 0. The van der Waals surface area contributed by atoms with Crippen LogP contribution in [0.2, 0.25) is 0 Å². The van der Waals surface area contributed by atoms with Gasteiger partial charge in [-0.3, -0.25) is 14.4 Å². The molecule has 0 aliphatic carbocycles. The molecule has 0 saturated heterocycles. The fourth-order valence-corrected chi connectivity index (χ4v) is 3.83. The van der Waals surface area contributed by atoms with Crippen LogP contribution in [-0.2, 0) is 32.0 Å². The number of rotatable bonds is 14. The van der Waals surface area contributed by atoms with Gasteiger partial charge in [0.15, 0.2) is 0 Å².